The summed E-state index contributed by atoms with van der Waals surface area (Å²) in [7, 11) is 1.59. The molecule has 33 heavy (non-hydrogen) atoms. The first-order chi connectivity index (χ1) is 15.9. The maximum Gasteiger partial charge on any atom is 0.255 e. The number of fused-ring (bicyclic) bond motifs is 2. The minimum absolute atomic E-state index is 0.0995. The number of aromatic nitrogens is 2. The van der Waals surface area contributed by atoms with Crippen LogP contribution in [0.3, 0.4) is 0 Å². The van der Waals surface area contributed by atoms with Crippen molar-refractivity contribution in [3.63, 3.8) is 0 Å². The molecule has 1 aromatic carbocycles. The largest absolute Gasteiger partial charge is 0.460 e. The second-order valence-electron chi connectivity index (χ2n) is 8.63. The number of hydrogen-bond donors (Lipinski definition) is 2. The van der Waals surface area contributed by atoms with E-state index in [1.54, 1.807) is 49.1 Å². The zero-order valence-corrected chi connectivity index (χ0v) is 19.1. The van der Waals surface area contributed by atoms with Crippen LogP contribution in [0, 0.1) is 19.8 Å². The van der Waals surface area contributed by atoms with Crippen LogP contribution in [0.2, 0.25) is 0 Å². The summed E-state index contributed by atoms with van der Waals surface area (Å²) in [6.45, 7) is 5.71. The van der Waals surface area contributed by atoms with Gasteiger partial charge >= 0.3 is 0 Å². The molecular formula is C25H26N4O4. The van der Waals surface area contributed by atoms with Crippen molar-refractivity contribution in [2.75, 3.05) is 7.05 Å². The van der Waals surface area contributed by atoms with Gasteiger partial charge in [-0.3, -0.25) is 9.59 Å². The molecule has 0 unspecified atom stereocenters. The standard InChI is InChI=1S/C25H26N4O4/c1-13-19(24(30)28-14(2)16-5-6-16)12-29-23(13)20(9-10-27-29)33-17-7-8-18-21(11-17)32-15(3)22(18)25(31)26-4/h7-12,14,16H,5-6H2,1-4H3,(H,26,31)(H,28,30)/t14-/m1/s1. The highest BCUT2D eigenvalue weighted by molar-refractivity contribution is 6.07. The molecule has 2 N–H and O–H groups in total. The molecule has 1 fully saturated rings. The predicted octanol–water partition coefficient (Wildman–Crippen LogP) is 4.38. The molecule has 0 aliphatic heterocycles. The minimum atomic E-state index is -0.193. The molecule has 0 radical (unpaired) electrons. The van der Waals surface area contributed by atoms with Crippen LogP contribution in [0.1, 0.15) is 51.8 Å². The third kappa shape index (κ3) is 3.71. The van der Waals surface area contributed by atoms with Crippen molar-refractivity contribution in [1.82, 2.24) is 20.2 Å². The van der Waals surface area contributed by atoms with Crippen LogP contribution >= 0.6 is 0 Å². The third-order valence-corrected chi connectivity index (χ3v) is 6.34. The number of nitrogens with one attached hydrogen (secondary N) is 2. The summed E-state index contributed by atoms with van der Waals surface area (Å²) in [5.41, 5.74) is 3.19. The molecule has 8 heteroatoms. The van der Waals surface area contributed by atoms with Crippen molar-refractivity contribution in [2.45, 2.75) is 39.7 Å². The van der Waals surface area contributed by atoms with E-state index in [1.807, 2.05) is 13.0 Å². The quantitative estimate of drug-likeness (QED) is 0.458. The molecule has 1 aliphatic carbocycles. The Bertz CT molecular complexity index is 1400. The van der Waals surface area contributed by atoms with E-state index >= 15 is 0 Å². The lowest BCUT2D eigenvalue weighted by Crippen LogP contribution is -2.34. The molecule has 4 aromatic rings. The van der Waals surface area contributed by atoms with Crippen LogP contribution in [0.25, 0.3) is 16.5 Å². The summed E-state index contributed by atoms with van der Waals surface area (Å²) in [5, 5.41) is 10.8. The number of furan rings is 1. The Morgan fingerprint density at radius 3 is 2.73 bits per heavy atom. The van der Waals surface area contributed by atoms with Crippen molar-refractivity contribution in [1.29, 1.82) is 0 Å². The van der Waals surface area contributed by atoms with Crippen LogP contribution < -0.4 is 15.4 Å². The van der Waals surface area contributed by atoms with Crippen LogP contribution in [-0.2, 0) is 0 Å². The monoisotopic (exact) mass is 446 g/mol. The molecule has 1 saturated carbocycles. The van der Waals surface area contributed by atoms with E-state index in [4.69, 9.17) is 9.15 Å². The van der Waals surface area contributed by atoms with Crippen molar-refractivity contribution < 1.29 is 18.7 Å². The average molecular weight is 447 g/mol. The molecule has 0 spiro atoms. The van der Waals surface area contributed by atoms with Crippen LogP contribution in [0.4, 0.5) is 0 Å². The molecule has 1 atom stereocenters. The highest BCUT2D eigenvalue weighted by atomic mass is 16.5. The van der Waals surface area contributed by atoms with E-state index in [0.717, 1.165) is 16.5 Å². The lowest BCUT2D eigenvalue weighted by Gasteiger charge is -2.12. The number of aryl methyl sites for hydroxylation is 2. The zero-order chi connectivity index (χ0) is 23.3. The SMILES string of the molecule is CNC(=O)c1c(C)oc2cc(Oc3ccnn4cc(C(=O)N[C@H](C)C5CC5)c(C)c34)ccc12. The highest BCUT2D eigenvalue weighted by Gasteiger charge is 2.30. The normalized spacial score (nSPS) is 14.4. The lowest BCUT2D eigenvalue weighted by molar-refractivity contribution is 0.0933. The molecule has 5 rings (SSSR count). The molecular weight excluding hydrogens is 420 g/mol. The van der Waals surface area contributed by atoms with Gasteiger partial charge in [0.25, 0.3) is 11.8 Å². The fourth-order valence-electron chi connectivity index (χ4n) is 4.33. The number of amides is 2. The van der Waals surface area contributed by atoms with Gasteiger partial charge in [0.2, 0.25) is 0 Å². The van der Waals surface area contributed by atoms with E-state index < -0.39 is 0 Å². The Kier molecular flexibility index (Phi) is 5.08. The number of benzene rings is 1. The lowest BCUT2D eigenvalue weighted by atomic mass is 10.1. The number of carbonyl (C=O) groups excluding carboxylic acids is 2. The maximum atomic E-state index is 12.9. The Balaban J connectivity index is 1.47. The Morgan fingerprint density at radius 1 is 1.21 bits per heavy atom. The molecule has 3 heterocycles. The summed E-state index contributed by atoms with van der Waals surface area (Å²) in [6.07, 6.45) is 5.71. The van der Waals surface area contributed by atoms with E-state index in [9.17, 15) is 9.59 Å². The number of rotatable bonds is 6. The molecule has 2 amide bonds. The first-order valence-electron chi connectivity index (χ1n) is 11.1. The van der Waals surface area contributed by atoms with Gasteiger partial charge in [0, 0.05) is 36.8 Å². The second-order valence-corrected chi connectivity index (χ2v) is 8.63. The fourth-order valence-corrected chi connectivity index (χ4v) is 4.33. The maximum absolute atomic E-state index is 12.9. The number of hydrogen-bond acceptors (Lipinski definition) is 5. The predicted molar refractivity (Wildman–Crippen MR) is 124 cm³/mol. The van der Waals surface area contributed by atoms with E-state index in [-0.39, 0.29) is 17.9 Å². The molecule has 1 aliphatic rings. The molecule has 0 bridgehead atoms. The van der Waals surface area contributed by atoms with Gasteiger partial charge in [-0.25, -0.2) is 4.52 Å². The van der Waals surface area contributed by atoms with E-state index in [0.29, 0.717) is 39.9 Å². The second kappa shape index (κ2) is 7.95. The number of nitrogens with zero attached hydrogens (tertiary/aromatic N) is 2. The molecule has 8 nitrogen and oxygen atoms in total. The summed E-state index contributed by atoms with van der Waals surface area (Å²) >= 11 is 0. The Labute approximate surface area is 190 Å². The molecule has 0 saturated heterocycles. The number of carbonyl (C=O) groups is 2. The molecule has 3 aromatic heterocycles. The smallest absolute Gasteiger partial charge is 0.255 e. The van der Waals surface area contributed by atoms with E-state index in [2.05, 4.69) is 22.7 Å². The van der Waals surface area contributed by atoms with E-state index in [1.165, 1.54) is 12.8 Å². The third-order valence-electron chi connectivity index (χ3n) is 6.34. The first-order valence-corrected chi connectivity index (χ1v) is 11.1. The van der Waals surface area contributed by atoms with Crippen LogP contribution in [0.15, 0.2) is 41.1 Å². The summed E-state index contributed by atoms with van der Waals surface area (Å²) < 4.78 is 13.7. The fraction of sp³-hybridized carbons (Fsp3) is 0.320. The van der Waals surface area contributed by atoms with Gasteiger partial charge in [-0.05, 0) is 57.2 Å². The van der Waals surface area contributed by atoms with Gasteiger partial charge in [0.15, 0.2) is 5.75 Å². The summed E-state index contributed by atoms with van der Waals surface area (Å²) in [6, 6.07) is 7.29. The zero-order valence-electron chi connectivity index (χ0n) is 19.1. The van der Waals surface area contributed by atoms with Gasteiger partial charge in [-0.1, -0.05) is 0 Å². The van der Waals surface area contributed by atoms with Gasteiger partial charge in [-0.2, -0.15) is 5.10 Å². The average Bonchev–Trinajstić information content (AvgIpc) is 3.52. The van der Waals surface area contributed by atoms with Gasteiger partial charge < -0.3 is 19.8 Å². The highest BCUT2D eigenvalue weighted by Crippen LogP contribution is 2.35. The van der Waals surface area contributed by atoms with Crippen molar-refractivity contribution in [2.24, 2.45) is 5.92 Å². The van der Waals surface area contributed by atoms with Crippen LogP contribution in [-0.4, -0.2) is 34.5 Å². The Morgan fingerprint density at radius 2 is 2.00 bits per heavy atom. The van der Waals surface area contributed by atoms with Crippen LogP contribution in [0.5, 0.6) is 11.5 Å². The van der Waals surface area contributed by atoms with Gasteiger partial charge in [0.1, 0.15) is 22.6 Å². The Hall–Kier alpha value is -3.81. The molecule has 170 valence electrons. The van der Waals surface area contributed by atoms with Crippen molar-refractivity contribution in [3.05, 3.63) is 59.1 Å². The van der Waals surface area contributed by atoms with Gasteiger partial charge in [0.05, 0.1) is 17.3 Å². The van der Waals surface area contributed by atoms with Crippen molar-refractivity contribution in [3.8, 4) is 11.5 Å². The minimum Gasteiger partial charge on any atom is -0.460 e. The summed E-state index contributed by atoms with van der Waals surface area (Å²) in [5.74, 6) is 1.96. The van der Waals surface area contributed by atoms with Gasteiger partial charge in [-0.15, -0.1) is 0 Å². The summed E-state index contributed by atoms with van der Waals surface area (Å²) in [4.78, 5) is 25.1. The topological polar surface area (TPSA) is 97.9 Å². The number of ether oxygens (including phenoxy) is 1. The van der Waals surface area contributed by atoms with Crippen molar-refractivity contribution >= 4 is 28.3 Å². The first kappa shape index (κ1) is 21.1.